The second-order valence-electron chi connectivity index (χ2n) is 3.88. The van der Waals surface area contributed by atoms with Crippen LogP contribution in [0.5, 0.6) is 0 Å². The lowest BCUT2D eigenvalue weighted by atomic mass is 10.0. The Labute approximate surface area is 90.1 Å². The molecular weight excluding hydrogens is 190 g/mol. The van der Waals surface area contributed by atoms with Gasteiger partial charge in [0.15, 0.2) is 0 Å². The van der Waals surface area contributed by atoms with E-state index in [0.717, 1.165) is 11.1 Å². The van der Waals surface area contributed by atoms with Gasteiger partial charge in [-0.05, 0) is 32.4 Å². The number of rotatable bonds is 3. The average molecular weight is 207 g/mol. The van der Waals surface area contributed by atoms with Gasteiger partial charge in [0.2, 0.25) is 0 Å². The minimum absolute atomic E-state index is 0.0450. The summed E-state index contributed by atoms with van der Waals surface area (Å²) in [6, 6.07) is 5.54. The molecule has 0 heterocycles. The molecule has 3 nitrogen and oxygen atoms in total. The maximum absolute atomic E-state index is 11.8. The van der Waals surface area contributed by atoms with Crippen molar-refractivity contribution < 1.29 is 9.90 Å². The van der Waals surface area contributed by atoms with Crippen molar-refractivity contribution >= 4 is 5.91 Å². The van der Waals surface area contributed by atoms with Gasteiger partial charge >= 0.3 is 0 Å². The summed E-state index contributed by atoms with van der Waals surface area (Å²) in [5.74, 6) is -0.127. The highest BCUT2D eigenvalue weighted by atomic mass is 16.3. The predicted molar refractivity (Wildman–Crippen MR) is 59.9 cm³/mol. The van der Waals surface area contributed by atoms with Gasteiger partial charge in [-0.25, -0.2) is 0 Å². The van der Waals surface area contributed by atoms with Gasteiger partial charge in [-0.1, -0.05) is 17.7 Å². The minimum Gasteiger partial charge on any atom is -0.394 e. The van der Waals surface area contributed by atoms with Crippen molar-refractivity contribution in [3.05, 3.63) is 34.9 Å². The van der Waals surface area contributed by atoms with Gasteiger partial charge in [0.05, 0.1) is 6.61 Å². The first-order valence-electron chi connectivity index (χ1n) is 5.03. The number of hydrogen-bond donors (Lipinski definition) is 2. The predicted octanol–water partition coefficient (Wildman–Crippen LogP) is 1.41. The Morgan fingerprint density at radius 1 is 1.47 bits per heavy atom. The standard InChI is InChI=1S/C12H17NO2/c1-8-4-5-9(2)11(6-8)12(15)13-10(3)7-14/h4-6,10,14H,7H2,1-3H3,(H,13,15)/t10-/m0/s1. The third-order valence-electron chi connectivity index (χ3n) is 2.29. The van der Waals surface area contributed by atoms with Crippen molar-refractivity contribution in [3.63, 3.8) is 0 Å². The summed E-state index contributed by atoms with van der Waals surface area (Å²) >= 11 is 0. The van der Waals surface area contributed by atoms with E-state index in [4.69, 9.17) is 5.11 Å². The second-order valence-corrected chi connectivity index (χ2v) is 3.88. The van der Waals surface area contributed by atoms with Crippen LogP contribution in [0, 0.1) is 13.8 Å². The third-order valence-corrected chi connectivity index (χ3v) is 2.29. The molecule has 0 aromatic heterocycles. The van der Waals surface area contributed by atoms with Crippen LogP contribution in [0.1, 0.15) is 28.4 Å². The van der Waals surface area contributed by atoms with Crippen LogP contribution >= 0.6 is 0 Å². The molecule has 0 aliphatic heterocycles. The first-order valence-corrected chi connectivity index (χ1v) is 5.03. The average Bonchev–Trinajstić information content (AvgIpc) is 2.21. The molecule has 2 N–H and O–H groups in total. The number of benzene rings is 1. The number of amides is 1. The zero-order chi connectivity index (χ0) is 11.4. The van der Waals surface area contributed by atoms with Gasteiger partial charge in [0.25, 0.3) is 5.91 Å². The van der Waals surface area contributed by atoms with E-state index in [1.165, 1.54) is 0 Å². The first-order chi connectivity index (χ1) is 7.04. The number of aliphatic hydroxyl groups is 1. The topological polar surface area (TPSA) is 49.3 Å². The maximum Gasteiger partial charge on any atom is 0.251 e. The second kappa shape index (κ2) is 4.94. The van der Waals surface area contributed by atoms with Crippen LogP contribution in [0.2, 0.25) is 0 Å². The monoisotopic (exact) mass is 207 g/mol. The van der Waals surface area contributed by atoms with Gasteiger partial charge in [-0.3, -0.25) is 4.79 Å². The lowest BCUT2D eigenvalue weighted by Crippen LogP contribution is -2.35. The Balaban J connectivity index is 2.86. The number of nitrogens with one attached hydrogen (secondary N) is 1. The van der Waals surface area contributed by atoms with Crippen molar-refractivity contribution in [2.24, 2.45) is 0 Å². The molecule has 3 heteroatoms. The molecule has 0 unspecified atom stereocenters. The number of aryl methyl sites for hydroxylation is 2. The van der Waals surface area contributed by atoms with Crippen LogP contribution < -0.4 is 5.32 Å². The van der Waals surface area contributed by atoms with Crippen molar-refractivity contribution in [3.8, 4) is 0 Å². The van der Waals surface area contributed by atoms with Crippen LogP contribution in [0.4, 0.5) is 0 Å². The molecule has 1 aromatic rings. The normalized spacial score (nSPS) is 12.3. The Morgan fingerprint density at radius 2 is 2.13 bits per heavy atom. The Morgan fingerprint density at radius 3 is 2.73 bits per heavy atom. The number of aliphatic hydroxyl groups excluding tert-OH is 1. The highest BCUT2D eigenvalue weighted by Crippen LogP contribution is 2.10. The van der Waals surface area contributed by atoms with Gasteiger partial charge in [-0.2, -0.15) is 0 Å². The van der Waals surface area contributed by atoms with Crippen LogP contribution in [0.25, 0.3) is 0 Å². The van der Waals surface area contributed by atoms with E-state index in [9.17, 15) is 4.79 Å². The molecule has 1 rings (SSSR count). The number of carbonyl (C=O) groups excluding carboxylic acids is 1. The summed E-state index contributed by atoms with van der Waals surface area (Å²) in [5.41, 5.74) is 2.68. The van der Waals surface area contributed by atoms with E-state index in [1.807, 2.05) is 32.0 Å². The molecular formula is C12H17NO2. The van der Waals surface area contributed by atoms with E-state index >= 15 is 0 Å². The van der Waals surface area contributed by atoms with E-state index in [-0.39, 0.29) is 18.6 Å². The fourth-order valence-corrected chi connectivity index (χ4v) is 1.33. The lowest BCUT2D eigenvalue weighted by molar-refractivity contribution is 0.0921. The molecule has 0 fully saturated rings. The molecule has 0 saturated heterocycles. The highest BCUT2D eigenvalue weighted by Gasteiger charge is 2.11. The molecule has 0 saturated carbocycles. The van der Waals surface area contributed by atoms with Crippen molar-refractivity contribution in [1.29, 1.82) is 0 Å². The summed E-state index contributed by atoms with van der Waals surface area (Å²) in [6.45, 7) is 5.57. The first kappa shape index (κ1) is 11.7. The van der Waals surface area contributed by atoms with Crippen LogP contribution in [-0.4, -0.2) is 23.7 Å². The molecule has 0 bridgehead atoms. The smallest absolute Gasteiger partial charge is 0.251 e. The summed E-state index contributed by atoms with van der Waals surface area (Å²) in [5, 5.41) is 11.6. The zero-order valence-corrected chi connectivity index (χ0v) is 9.37. The molecule has 0 aliphatic rings. The number of carbonyl (C=O) groups is 1. The Kier molecular flexibility index (Phi) is 3.86. The van der Waals surface area contributed by atoms with E-state index in [1.54, 1.807) is 6.92 Å². The molecule has 1 aromatic carbocycles. The SMILES string of the molecule is Cc1ccc(C)c(C(=O)N[C@@H](C)CO)c1. The summed E-state index contributed by atoms with van der Waals surface area (Å²) in [7, 11) is 0. The maximum atomic E-state index is 11.8. The van der Waals surface area contributed by atoms with Gasteiger partial charge < -0.3 is 10.4 Å². The highest BCUT2D eigenvalue weighted by molar-refractivity contribution is 5.95. The van der Waals surface area contributed by atoms with E-state index < -0.39 is 0 Å². The lowest BCUT2D eigenvalue weighted by Gasteiger charge is -2.12. The summed E-state index contributed by atoms with van der Waals surface area (Å²) in [4.78, 5) is 11.8. The third kappa shape index (κ3) is 3.06. The Bertz CT molecular complexity index is 361. The van der Waals surface area contributed by atoms with Crippen molar-refractivity contribution in [1.82, 2.24) is 5.32 Å². The van der Waals surface area contributed by atoms with Crippen molar-refractivity contribution in [2.45, 2.75) is 26.8 Å². The molecule has 82 valence electrons. The fraction of sp³-hybridized carbons (Fsp3) is 0.417. The summed E-state index contributed by atoms with van der Waals surface area (Å²) in [6.07, 6.45) is 0. The van der Waals surface area contributed by atoms with Crippen LogP contribution in [0.15, 0.2) is 18.2 Å². The van der Waals surface area contributed by atoms with Gasteiger partial charge in [0.1, 0.15) is 0 Å². The zero-order valence-electron chi connectivity index (χ0n) is 9.37. The summed E-state index contributed by atoms with van der Waals surface area (Å²) < 4.78 is 0. The largest absolute Gasteiger partial charge is 0.394 e. The van der Waals surface area contributed by atoms with E-state index in [2.05, 4.69) is 5.32 Å². The van der Waals surface area contributed by atoms with Crippen LogP contribution in [0.3, 0.4) is 0 Å². The van der Waals surface area contributed by atoms with Crippen LogP contribution in [-0.2, 0) is 0 Å². The van der Waals surface area contributed by atoms with Gasteiger partial charge in [-0.15, -0.1) is 0 Å². The number of hydrogen-bond acceptors (Lipinski definition) is 2. The molecule has 0 spiro atoms. The van der Waals surface area contributed by atoms with E-state index in [0.29, 0.717) is 5.56 Å². The molecule has 15 heavy (non-hydrogen) atoms. The molecule has 0 aliphatic carbocycles. The molecule has 1 atom stereocenters. The molecule has 1 amide bonds. The fourth-order valence-electron chi connectivity index (χ4n) is 1.33. The quantitative estimate of drug-likeness (QED) is 0.787. The minimum atomic E-state index is -0.211. The van der Waals surface area contributed by atoms with Crippen molar-refractivity contribution in [2.75, 3.05) is 6.61 Å². The molecule has 0 radical (unpaired) electrons. The Hall–Kier alpha value is -1.35. The van der Waals surface area contributed by atoms with Gasteiger partial charge in [0, 0.05) is 11.6 Å².